The van der Waals surface area contributed by atoms with Crippen molar-refractivity contribution < 1.29 is 18.3 Å². The molecule has 6 rings (SSSR count). The molecule has 0 bridgehead atoms. The third kappa shape index (κ3) is 8.68. The summed E-state index contributed by atoms with van der Waals surface area (Å²) < 4.78 is 29.2. The number of hydrogen-bond acceptors (Lipinski definition) is 9. The van der Waals surface area contributed by atoms with E-state index in [1.807, 2.05) is 65.2 Å². The van der Waals surface area contributed by atoms with Gasteiger partial charge in [-0.1, -0.05) is 114 Å². The van der Waals surface area contributed by atoms with Gasteiger partial charge in [0.2, 0.25) is 17.8 Å². The number of nitrogens with zero attached hydrogens (tertiary/aromatic N) is 4. The SMILES string of the molecule is CC(C)(C)[Si](C)(C)OC[C@H]1O[C@@H](n2c(Nc3ccc(-c4ccccc4)cc3)nc3c(OCc4ccccc4)nc(N)nc32)C[C@@H]1O[Si](C)(C)C(C)(C)C. The second-order valence-electron chi connectivity index (χ2n) is 17.1. The van der Waals surface area contributed by atoms with E-state index >= 15 is 0 Å². The predicted molar refractivity (Wildman–Crippen MR) is 219 cm³/mol. The molecule has 3 heterocycles. The van der Waals surface area contributed by atoms with Crippen LogP contribution < -0.4 is 15.8 Å². The number of hydrogen-bond donors (Lipinski definition) is 2. The van der Waals surface area contributed by atoms with Crippen LogP contribution in [0, 0.1) is 0 Å². The van der Waals surface area contributed by atoms with Crippen LogP contribution in [-0.2, 0) is 20.2 Å². The summed E-state index contributed by atoms with van der Waals surface area (Å²) in [6.07, 6.45) is -0.402. The zero-order chi connectivity index (χ0) is 38.2. The lowest BCUT2D eigenvalue weighted by Crippen LogP contribution is -2.48. The molecule has 1 saturated heterocycles. The molecular formula is C41H56N6O4Si2. The van der Waals surface area contributed by atoms with E-state index in [-0.39, 0.29) is 28.2 Å². The maximum atomic E-state index is 7.13. The first-order chi connectivity index (χ1) is 24.9. The van der Waals surface area contributed by atoms with E-state index in [4.69, 9.17) is 34.0 Å². The number of nitrogens with two attached hydrogens (primary N) is 1. The topological polar surface area (TPSA) is 119 Å². The third-order valence-corrected chi connectivity index (χ3v) is 20.1. The second kappa shape index (κ2) is 15.0. The average molecular weight is 753 g/mol. The minimum Gasteiger partial charge on any atom is -0.471 e. The van der Waals surface area contributed by atoms with Gasteiger partial charge >= 0.3 is 0 Å². The van der Waals surface area contributed by atoms with Crippen molar-refractivity contribution in [2.24, 2.45) is 0 Å². The van der Waals surface area contributed by atoms with Crippen LogP contribution in [0.5, 0.6) is 5.88 Å². The summed E-state index contributed by atoms with van der Waals surface area (Å²) in [6.45, 7) is 23.4. The van der Waals surface area contributed by atoms with E-state index in [0.29, 0.717) is 42.6 Å². The molecular weight excluding hydrogens is 697 g/mol. The quantitative estimate of drug-likeness (QED) is 0.120. The van der Waals surface area contributed by atoms with Crippen molar-refractivity contribution in [2.45, 2.75) is 109 Å². The zero-order valence-corrected chi connectivity index (χ0v) is 34.9. The Labute approximate surface area is 316 Å². The van der Waals surface area contributed by atoms with Gasteiger partial charge in [-0.05, 0) is 65.1 Å². The lowest BCUT2D eigenvalue weighted by atomic mass is 10.1. The molecule has 0 saturated carbocycles. The number of anilines is 3. The molecule has 0 spiro atoms. The number of nitrogens with one attached hydrogen (secondary N) is 1. The smallest absolute Gasteiger partial charge is 0.247 e. The zero-order valence-electron chi connectivity index (χ0n) is 32.9. The van der Waals surface area contributed by atoms with Gasteiger partial charge in [0, 0.05) is 12.1 Å². The molecule has 0 radical (unpaired) electrons. The molecule has 12 heteroatoms. The van der Waals surface area contributed by atoms with Gasteiger partial charge in [0.15, 0.2) is 27.8 Å². The van der Waals surface area contributed by atoms with Crippen molar-refractivity contribution >= 4 is 45.4 Å². The number of rotatable bonds is 12. The van der Waals surface area contributed by atoms with Crippen LogP contribution in [0.1, 0.15) is 59.8 Å². The number of fused-ring (bicyclic) bond motifs is 1. The first-order valence-corrected chi connectivity index (χ1v) is 24.4. The molecule has 3 atom stereocenters. The first-order valence-electron chi connectivity index (χ1n) is 18.5. The highest BCUT2D eigenvalue weighted by atomic mass is 28.4. The van der Waals surface area contributed by atoms with Crippen molar-refractivity contribution in [3.05, 3.63) is 90.5 Å². The number of aromatic nitrogens is 4. The third-order valence-electron chi connectivity index (χ3n) is 11.1. The van der Waals surface area contributed by atoms with E-state index in [1.165, 1.54) is 0 Å². The molecule has 0 unspecified atom stereocenters. The standard InChI is InChI=1S/C41H56N6O4Si2/c1-40(2,3)52(7,8)49-27-33-32(51-53(9,10)41(4,5)6)25-34(50-33)47-36-35(37(46-38(42)45-36)48-26-28-17-13-11-14-18-28)44-39(47)43-31-23-21-30(22-24-31)29-19-15-12-16-20-29/h11-24,32-34H,25-27H2,1-10H3,(H,43,44)(H2,42,45,46)/t32-,33+,34+/m0/s1. The van der Waals surface area contributed by atoms with Gasteiger partial charge in [-0.2, -0.15) is 9.97 Å². The fourth-order valence-corrected chi connectivity index (χ4v) is 8.23. The molecule has 3 N–H and O–H groups in total. The molecule has 1 aliphatic heterocycles. The second-order valence-corrected chi connectivity index (χ2v) is 26.6. The summed E-state index contributed by atoms with van der Waals surface area (Å²) in [5.74, 6) is 0.937. The molecule has 10 nitrogen and oxygen atoms in total. The van der Waals surface area contributed by atoms with E-state index in [1.54, 1.807) is 0 Å². The van der Waals surface area contributed by atoms with Crippen LogP contribution in [0.4, 0.5) is 17.6 Å². The highest BCUT2D eigenvalue weighted by Crippen LogP contribution is 2.44. The van der Waals surface area contributed by atoms with Crippen LogP contribution in [0.2, 0.25) is 36.3 Å². The molecule has 0 amide bonds. The van der Waals surface area contributed by atoms with Gasteiger partial charge in [-0.15, -0.1) is 0 Å². The molecule has 2 aromatic heterocycles. The monoisotopic (exact) mass is 752 g/mol. The lowest BCUT2D eigenvalue weighted by Gasteiger charge is -2.40. The summed E-state index contributed by atoms with van der Waals surface area (Å²) in [5.41, 5.74) is 11.5. The molecule has 3 aromatic carbocycles. The molecule has 0 aliphatic carbocycles. The Bertz CT molecular complexity index is 1990. The lowest BCUT2D eigenvalue weighted by molar-refractivity contribution is -0.0376. The van der Waals surface area contributed by atoms with E-state index in [2.05, 4.69) is 102 Å². The maximum absolute atomic E-state index is 7.13. The minimum absolute atomic E-state index is 0.0168. The molecule has 282 valence electrons. The Balaban J connectivity index is 1.40. The van der Waals surface area contributed by atoms with E-state index in [0.717, 1.165) is 22.4 Å². The van der Waals surface area contributed by atoms with Gasteiger partial charge in [0.1, 0.15) is 18.9 Å². The van der Waals surface area contributed by atoms with Crippen molar-refractivity contribution in [1.82, 2.24) is 19.5 Å². The van der Waals surface area contributed by atoms with Crippen LogP contribution in [0.25, 0.3) is 22.3 Å². The van der Waals surface area contributed by atoms with Crippen LogP contribution in [-0.4, -0.2) is 55.0 Å². The predicted octanol–water partition coefficient (Wildman–Crippen LogP) is 10.1. The van der Waals surface area contributed by atoms with Gasteiger partial charge < -0.3 is 29.4 Å². The highest BCUT2D eigenvalue weighted by molar-refractivity contribution is 6.74. The van der Waals surface area contributed by atoms with Crippen molar-refractivity contribution in [3.63, 3.8) is 0 Å². The van der Waals surface area contributed by atoms with E-state index in [9.17, 15) is 0 Å². The summed E-state index contributed by atoms with van der Waals surface area (Å²) in [5, 5.41) is 3.64. The van der Waals surface area contributed by atoms with Gasteiger partial charge in [-0.3, -0.25) is 4.57 Å². The van der Waals surface area contributed by atoms with Crippen LogP contribution >= 0.6 is 0 Å². The molecule has 1 aliphatic rings. The molecule has 1 fully saturated rings. The first kappa shape index (κ1) is 38.6. The number of imidazole rings is 1. The Kier molecular flexibility index (Phi) is 10.9. The van der Waals surface area contributed by atoms with Crippen LogP contribution in [0.3, 0.4) is 0 Å². The largest absolute Gasteiger partial charge is 0.471 e. The minimum atomic E-state index is -2.19. The molecule has 5 aromatic rings. The van der Waals surface area contributed by atoms with E-state index < -0.39 is 22.9 Å². The summed E-state index contributed by atoms with van der Waals surface area (Å²) >= 11 is 0. The Hall–Kier alpha value is -4.08. The Morgan fingerprint density at radius 2 is 1.40 bits per heavy atom. The Morgan fingerprint density at radius 3 is 2.02 bits per heavy atom. The van der Waals surface area contributed by atoms with Crippen LogP contribution in [0.15, 0.2) is 84.9 Å². The number of ether oxygens (including phenoxy) is 2. The van der Waals surface area contributed by atoms with Crippen molar-refractivity contribution in [2.75, 3.05) is 17.7 Å². The number of benzene rings is 3. The summed E-state index contributed by atoms with van der Waals surface area (Å²) in [4.78, 5) is 14.3. The molecule has 53 heavy (non-hydrogen) atoms. The van der Waals surface area contributed by atoms with Gasteiger partial charge in [0.25, 0.3) is 0 Å². The normalized spacial score (nSPS) is 18.4. The maximum Gasteiger partial charge on any atom is 0.247 e. The fourth-order valence-electron chi connectivity index (χ4n) is 5.85. The number of nitrogen functional groups attached to an aromatic ring is 1. The summed E-state index contributed by atoms with van der Waals surface area (Å²) in [6, 6.07) is 28.6. The fraction of sp³-hybridized carbons (Fsp3) is 0.439. The van der Waals surface area contributed by atoms with Gasteiger partial charge in [-0.25, -0.2) is 4.98 Å². The van der Waals surface area contributed by atoms with Gasteiger partial charge in [0.05, 0.1) is 12.7 Å². The van der Waals surface area contributed by atoms with Crippen molar-refractivity contribution in [3.8, 4) is 17.0 Å². The highest BCUT2D eigenvalue weighted by Gasteiger charge is 2.47. The Morgan fingerprint density at radius 1 is 0.792 bits per heavy atom. The summed E-state index contributed by atoms with van der Waals surface area (Å²) in [7, 11) is -4.27. The van der Waals surface area contributed by atoms with Crippen molar-refractivity contribution in [1.29, 1.82) is 0 Å². The average Bonchev–Trinajstić information content (AvgIpc) is 3.66.